The molecule has 6 atom stereocenters. The second-order valence-corrected chi connectivity index (χ2v) is 15.5. The number of hydrogen-bond acceptors (Lipinski definition) is 13. The number of hydrogen-bond donors (Lipinski definition) is 2. The summed E-state index contributed by atoms with van der Waals surface area (Å²) in [7, 11) is -4.39. The topological polar surface area (TPSA) is 192 Å². The summed E-state index contributed by atoms with van der Waals surface area (Å²) in [6.07, 6.45) is 2.08. The Bertz CT molecular complexity index is 1730. The number of benzene rings is 1. The number of carbonyl (C=O) groups excluding carboxylic acids is 3. The van der Waals surface area contributed by atoms with Gasteiger partial charge >= 0.3 is 25.7 Å². The summed E-state index contributed by atoms with van der Waals surface area (Å²) in [5, 5.41) is 7.05. The molecule has 51 heavy (non-hydrogen) atoms. The first-order valence-corrected chi connectivity index (χ1v) is 18.9. The molecular weight excluding hydrogens is 681 g/mol. The van der Waals surface area contributed by atoms with Gasteiger partial charge in [-0.2, -0.15) is 10.2 Å². The third-order valence-electron chi connectivity index (χ3n) is 8.87. The van der Waals surface area contributed by atoms with Crippen LogP contribution in [0.3, 0.4) is 0 Å². The van der Waals surface area contributed by atoms with E-state index < -0.39 is 74.1 Å². The first-order chi connectivity index (χ1) is 24.2. The number of fused-ring (bicyclic) bond motifs is 1. The summed E-state index contributed by atoms with van der Waals surface area (Å²) in [4.78, 5) is 43.5. The summed E-state index contributed by atoms with van der Waals surface area (Å²) in [6.45, 7) is 9.28. The molecule has 2 aromatic heterocycles. The molecule has 0 bridgehead atoms. The predicted molar refractivity (Wildman–Crippen MR) is 185 cm³/mol. The SMILES string of the molecule is CC(C)C(=O)O[C@H]1[C@H](c2ccc3c(N)ncnn23)O[C@](C)(CO[P@@](=O)(N[C@@H](C)C(=O)OC2CCCCC2)Oc2ccccc2)[C@H]1OC(=O)C(C)C. The zero-order chi connectivity index (χ0) is 36.9. The Labute approximate surface area is 297 Å². The second kappa shape index (κ2) is 16.1. The Kier molecular flexibility index (Phi) is 12.1. The molecule has 1 saturated heterocycles. The smallest absolute Gasteiger partial charge is 0.459 e. The van der Waals surface area contributed by atoms with E-state index in [0.717, 1.165) is 32.1 Å². The molecule has 1 aliphatic carbocycles. The fraction of sp³-hybridized carbons (Fsp3) is 0.571. The predicted octanol–water partition coefficient (Wildman–Crippen LogP) is 5.33. The van der Waals surface area contributed by atoms with Crippen LogP contribution in [0.5, 0.6) is 5.75 Å². The molecule has 0 spiro atoms. The lowest BCUT2D eigenvalue weighted by Crippen LogP contribution is -2.49. The Morgan fingerprint density at radius 1 is 0.961 bits per heavy atom. The van der Waals surface area contributed by atoms with Gasteiger partial charge in [0, 0.05) is 0 Å². The summed E-state index contributed by atoms with van der Waals surface area (Å²) in [5.41, 5.74) is 5.41. The zero-order valence-electron chi connectivity index (χ0n) is 29.9. The van der Waals surface area contributed by atoms with Crippen molar-refractivity contribution in [2.24, 2.45) is 11.8 Å². The number of rotatable bonds is 14. The van der Waals surface area contributed by atoms with Crippen molar-refractivity contribution in [1.82, 2.24) is 19.7 Å². The minimum Gasteiger partial charge on any atom is -0.461 e. The number of aromatic nitrogens is 3. The maximum absolute atomic E-state index is 14.5. The van der Waals surface area contributed by atoms with Crippen LogP contribution in [0.2, 0.25) is 0 Å². The molecule has 3 aromatic rings. The molecule has 2 fully saturated rings. The Hall–Kier alpha value is -4.04. The van der Waals surface area contributed by atoms with Crippen LogP contribution in [-0.2, 0) is 42.4 Å². The summed E-state index contributed by atoms with van der Waals surface area (Å²) in [5.74, 6) is -2.42. The number of nitrogens with zero attached hydrogens (tertiary/aromatic N) is 3. The number of anilines is 1. The Morgan fingerprint density at radius 3 is 2.29 bits per heavy atom. The van der Waals surface area contributed by atoms with Crippen molar-refractivity contribution in [2.45, 2.75) is 110 Å². The quantitative estimate of drug-likeness (QED) is 0.123. The van der Waals surface area contributed by atoms with Gasteiger partial charge in [0.15, 0.2) is 18.0 Å². The Balaban J connectivity index is 1.48. The zero-order valence-corrected chi connectivity index (χ0v) is 30.7. The molecule has 1 aliphatic heterocycles. The van der Waals surface area contributed by atoms with Crippen LogP contribution in [0.15, 0.2) is 48.8 Å². The van der Waals surface area contributed by atoms with Gasteiger partial charge < -0.3 is 29.2 Å². The van der Waals surface area contributed by atoms with Crippen LogP contribution in [0, 0.1) is 11.8 Å². The summed E-state index contributed by atoms with van der Waals surface area (Å²) >= 11 is 0. The largest absolute Gasteiger partial charge is 0.461 e. The number of esters is 3. The molecule has 1 aromatic carbocycles. The molecule has 0 unspecified atom stereocenters. The normalized spacial score (nSPS) is 24.3. The van der Waals surface area contributed by atoms with Crippen LogP contribution in [0.25, 0.3) is 5.52 Å². The van der Waals surface area contributed by atoms with Crippen molar-refractivity contribution in [2.75, 3.05) is 12.3 Å². The molecule has 0 amide bonds. The van der Waals surface area contributed by atoms with Gasteiger partial charge in [-0.15, -0.1) is 0 Å². The highest BCUT2D eigenvalue weighted by Crippen LogP contribution is 2.50. The van der Waals surface area contributed by atoms with Gasteiger partial charge in [-0.05, 0) is 63.8 Å². The van der Waals surface area contributed by atoms with Crippen molar-refractivity contribution in [1.29, 1.82) is 0 Å². The van der Waals surface area contributed by atoms with E-state index in [-0.39, 0.29) is 17.7 Å². The summed E-state index contributed by atoms with van der Waals surface area (Å²) < 4.78 is 52.4. The van der Waals surface area contributed by atoms with Crippen molar-refractivity contribution in [3.63, 3.8) is 0 Å². The maximum Gasteiger partial charge on any atom is 0.459 e. The number of para-hydroxylation sites is 1. The molecule has 15 nitrogen and oxygen atoms in total. The number of ether oxygens (including phenoxy) is 4. The highest BCUT2D eigenvalue weighted by molar-refractivity contribution is 7.52. The molecule has 3 N–H and O–H groups in total. The van der Waals surface area contributed by atoms with Crippen LogP contribution in [-0.4, -0.2) is 69.1 Å². The molecule has 1 saturated carbocycles. The average molecular weight is 730 g/mol. The van der Waals surface area contributed by atoms with E-state index in [1.165, 1.54) is 17.8 Å². The molecule has 0 radical (unpaired) electrons. The first kappa shape index (κ1) is 38.2. The van der Waals surface area contributed by atoms with Crippen molar-refractivity contribution in [3.8, 4) is 5.75 Å². The summed E-state index contributed by atoms with van der Waals surface area (Å²) in [6, 6.07) is 10.6. The van der Waals surface area contributed by atoms with E-state index >= 15 is 0 Å². The van der Waals surface area contributed by atoms with Gasteiger partial charge in [0.1, 0.15) is 41.4 Å². The standard InChI is InChI=1S/C35H48N5O10P/c1-21(2)32(41)47-29-28(26-17-18-27-31(36)37-20-38-40(26)27)49-35(6,30(29)48-33(42)22(3)4)19-45-51(44,50-25-15-11-8-12-16-25)39-23(5)34(43)46-24-13-9-7-10-14-24/h8,11-12,15-18,20-24,28-30H,7,9-10,13-14,19H2,1-6H3,(H,39,44)(H2,36,37,38)/t23-,28-,29-,30-,35+,51-/m0/s1. The molecule has 2 aliphatic rings. The highest BCUT2D eigenvalue weighted by Gasteiger charge is 2.59. The van der Waals surface area contributed by atoms with E-state index in [1.807, 2.05) is 0 Å². The number of carbonyl (C=O) groups is 3. The van der Waals surface area contributed by atoms with Crippen LogP contribution >= 0.6 is 7.75 Å². The van der Waals surface area contributed by atoms with Crippen LogP contribution < -0.4 is 15.3 Å². The number of nitrogens with one attached hydrogen (secondary N) is 1. The van der Waals surface area contributed by atoms with E-state index in [2.05, 4.69) is 15.2 Å². The lowest BCUT2D eigenvalue weighted by Gasteiger charge is -2.33. The van der Waals surface area contributed by atoms with E-state index in [4.69, 9.17) is 33.7 Å². The fourth-order valence-corrected chi connectivity index (χ4v) is 7.56. The highest BCUT2D eigenvalue weighted by atomic mass is 31.2. The van der Waals surface area contributed by atoms with Gasteiger partial charge in [-0.25, -0.2) is 14.1 Å². The molecule has 278 valence electrons. The lowest BCUT2D eigenvalue weighted by atomic mass is 9.95. The lowest BCUT2D eigenvalue weighted by molar-refractivity contribution is -0.175. The minimum atomic E-state index is -4.39. The molecule has 16 heteroatoms. The molecule has 5 rings (SSSR count). The van der Waals surface area contributed by atoms with Gasteiger partial charge in [-0.1, -0.05) is 52.3 Å². The fourth-order valence-electron chi connectivity index (χ4n) is 5.97. The first-order valence-electron chi connectivity index (χ1n) is 17.3. The van der Waals surface area contributed by atoms with Gasteiger partial charge in [0.05, 0.1) is 24.1 Å². The minimum absolute atomic E-state index is 0.208. The van der Waals surface area contributed by atoms with E-state index in [0.29, 0.717) is 11.2 Å². The molecule has 3 heterocycles. The number of nitrogen functional groups attached to an aromatic ring is 1. The molecular formula is C35H48N5O10P. The second-order valence-electron chi connectivity index (χ2n) is 13.8. The van der Waals surface area contributed by atoms with Crippen LogP contribution in [0.4, 0.5) is 5.82 Å². The maximum atomic E-state index is 14.5. The van der Waals surface area contributed by atoms with Crippen LogP contribution in [0.1, 0.15) is 85.4 Å². The van der Waals surface area contributed by atoms with Gasteiger partial charge in [0.2, 0.25) is 0 Å². The average Bonchev–Trinajstić information content (AvgIpc) is 3.64. The third kappa shape index (κ3) is 9.07. The van der Waals surface area contributed by atoms with Gasteiger partial charge in [-0.3, -0.25) is 18.9 Å². The van der Waals surface area contributed by atoms with E-state index in [9.17, 15) is 18.9 Å². The van der Waals surface area contributed by atoms with Crippen molar-refractivity contribution < 1.29 is 46.9 Å². The van der Waals surface area contributed by atoms with Crippen molar-refractivity contribution in [3.05, 3.63) is 54.5 Å². The number of nitrogens with two attached hydrogens (primary N) is 1. The monoisotopic (exact) mass is 729 g/mol. The Morgan fingerprint density at radius 2 is 1.63 bits per heavy atom. The van der Waals surface area contributed by atoms with Gasteiger partial charge in [0.25, 0.3) is 0 Å². The third-order valence-corrected chi connectivity index (χ3v) is 10.5. The van der Waals surface area contributed by atoms with Crippen molar-refractivity contribution >= 4 is 37.0 Å². The van der Waals surface area contributed by atoms with E-state index in [1.54, 1.807) is 77.1 Å².